The fourth-order valence-corrected chi connectivity index (χ4v) is 2.60. The van der Waals surface area contributed by atoms with E-state index >= 15 is 0 Å². The second-order valence-electron chi connectivity index (χ2n) is 6.03. The molecule has 2 rings (SSSR count). The lowest BCUT2D eigenvalue weighted by atomic mass is 9.99. The molecule has 0 aliphatic rings. The van der Waals surface area contributed by atoms with Crippen LogP contribution < -0.4 is 14.8 Å². The van der Waals surface area contributed by atoms with Gasteiger partial charge in [-0.25, -0.2) is 0 Å². The Hall–Kier alpha value is -2.49. The number of hydrogen-bond acceptors (Lipinski definition) is 3. The number of benzene rings is 2. The van der Waals surface area contributed by atoms with Gasteiger partial charge in [0.25, 0.3) is 0 Å². The van der Waals surface area contributed by atoms with E-state index in [0.29, 0.717) is 17.9 Å². The van der Waals surface area contributed by atoms with Gasteiger partial charge >= 0.3 is 0 Å². The Balaban J connectivity index is 2.07. The summed E-state index contributed by atoms with van der Waals surface area (Å²) < 4.78 is 10.6. The summed E-state index contributed by atoms with van der Waals surface area (Å²) in [4.78, 5) is 12.5. The third-order valence-corrected chi connectivity index (χ3v) is 4.30. The highest BCUT2D eigenvalue weighted by molar-refractivity contribution is 5.93. The maximum Gasteiger partial charge on any atom is 0.227 e. The number of carbonyl (C=O) groups excluding carboxylic acids is 1. The van der Waals surface area contributed by atoms with Crippen molar-refractivity contribution < 1.29 is 14.3 Å². The van der Waals surface area contributed by atoms with E-state index in [4.69, 9.17) is 9.47 Å². The average molecular weight is 327 g/mol. The van der Waals surface area contributed by atoms with Crippen LogP contribution in [0.3, 0.4) is 0 Å². The van der Waals surface area contributed by atoms with Gasteiger partial charge in [0.15, 0.2) is 11.5 Å². The molecule has 0 spiro atoms. The summed E-state index contributed by atoms with van der Waals surface area (Å²) in [7, 11) is 3.22. The van der Waals surface area contributed by atoms with Crippen LogP contribution in [0.25, 0.3) is 0 Å². The minimum absolute atomic E-state index is 0.0125. The van der Waals surface area contributed by atoms with Gasteiger partial charge in [-0.05, 0) is 55.2 Å². The molecule has 1 amide bonds. The average Bonchev–Trinajstić information content (AvgIpc) is 2.58. The topological polar surface area (TPSA) is 47.6 Å². The number of rotatable bonds is 6. The maximum atomic E-state index is 12.5. The van der Waals surface area contributed by atoms with E-state index in [-0.39, 0.29) is 11.8 Å². The summed E-state index contributed by atoms with van der Waals surface area (Å²) in [5, 5.41) is 3.03. The van der Waals surface area contributed by atoms with Crippen LogP contribution in [0.4, 0.5) is 5.69 Å². The van der Waals surface area contributed by atoms with E-state index in [0.717, 1.165) is 16.8 Å². The molecule has 1 unspecified atom stereocenters. The van der Waals surface area contributed by atoms with E-state index in [1.54, 1.807) is 14.2 Å². The van der Waals surface area contributed by atoms with Gasteiger partial charge in [-0.15, -0.1) is 0 Å². The first-order chi connectivity index (χ1) is 11.5. The van der Waals surface area contributed by atoms with Gasteiger partial charge in [0.2, 0.25) is 5.91 Å². The number of amides is 1. The first-order valence-corrected chi connectivity index (χ1v) is 8.04. The van der Waals surface area contributed by atoms with Crippen molar-refractivity contribution in [3.63, 3.8) is 0 Å². The summed E-state index contributed by atoms with van der Waals surface area (Å²) in [5.74, 6) is 1.23. The molecule has 2 aromatic carbocycles. The van der Waals surface area contributed by atoms with Crippen molar-refractivity contribution in [2.75, 3.05) is 19.5 Å². The van der Waals surface area contributed by atoms with Gasteiger partial charge in [0.1, 0.15) is 0 Å². The second kappa shape index (κ2) is 7.86. The third-order valence-electron chi connectivity index (χ3n) is 4.30. The van der Waals surface area contributed by atoms with Crippen LogP contribution in [0.2, 0.25) is 0 Å². The minimum atomic E-state index is -0.150. The van der Waals surface area contributed by atoms with Gasteiger partial charge in [-0.1, -0.05) is 25.1 Å². The van der Waals surface area contributed by atoms with Crippen molar-refractivity contribution in [2.24, 2.45) is 5.92 Å². The Labute approximate surface area is 143 Å². The number of nitrogens with one attached hydrogen (secondary N) is 1. The van der Waals surface area contributed by atoms with E-state index in [9.17, 15) is 4.79 Å². The summed E-state index contributed by atoms with van der Waals surface area (Å²) in [6, 6.07) is 11.7. The highest BCUT2D eigenvalue weighted by Crippen LogP contribution is 2.28. The van der Waals surface area contributed by atoms with Crippen LogP contribution in [0.5, 0.6) is 11.5 Å². The molecule has 4 heteroatoms. The fourth-order valence-electron chi connectivity index (χ4n) is 2.60. The van der Waals surface area contributed by atoms with E-state index in [1.165, 1.54) is 5.56 Å². The molecular formula is C20H25NO3. The van der Waals surface area contributed by atoms with Gasteiger partial charge in [-0.2, -0.15) is 0 Å². The summed E-state index contributed by atoms with van der Waals surface area (Å²) in [5.41, 5.74) is 4.18. The molecule has 0 fully saturated rings. The minimum Gasteiger partial charge on any atom is -0.493 e. The molecule has 1 N–H and O–H groups in total. The number of methoxy groups -OCH3 is 2. The molecule has 0 bridgehead atoms. The van der Waals surface area contributed by atoms with Crippen LogP contribution in [-0.4, -0.2) is 20.1 Å². The van der Waals surface area contributed by atoms with Crippen LogP contribution in [0.15, 0.2) is 36.4 Å². The Kier molecular flexibility index (Phi) is 5.85. The second-order valence-corrected chi connectivity index (χ2v) is 6.03. The van der Waals surface area contributed by atoms with Crippen molar-refractivity contribution in [2.45, 2.75) is 27.2 Å². The third kappa shape index (κ3) is 4.07. The SMILES string of the molecule is COc1ccc(CC(C)C(=O)Nc2cccc(C)c2C)cc1OC. The van der Waals surface area contributed by atoms with E-state index in [1.807, 2.05) is 57.2 Å². The number of aryl methyl sites for hydroxylation is 1. The number of anilines is 1. The molecule has 0 heterocycles. The molecule has 0 saturated heterocycles. The monoisotopic (exact) mass is 327 g/mol. The lowest BCUT2D eigenvalue weighted by Gasteiger charge is -2.16. The van der Waals surface area contributed by atoms with Gasteiger partial charge in [0.05, 0.1) is 14.2 Å². The van der Waals surface area contributed by atoms with E-state index < -0.39 is 0 Å². The van der Waals surface area contributed by atoms with Crippen LogP contribution in [0.1, 0.15) is 23.6 Å². The molecule has 2 aromatic rings. The molecule has 0 saturated carbocycles. The molecule has 0 radical (unpaired) electrons. The highest BCUT2D eigenvalue weighted by atomic mass is 16.5. The zero-order chi connectivity index (χ0) is 17.7. The molecule has 24 heavy (non-hydrogen) atoms. The standard InChI is InChI=1S/C20H25NO3/c1-13-7-6-8-17(15(13)3)21-20(22)14(2)11-16-9-10-18(23-4)19(12-16)24-5/h6-10,12,14H,11H2,1-5H3,(H,21,22). The zero-order valence-electron chi connectivity index (χ0n) is 15.0. The summed E-state index contributed by atoms with van der Waals surface area (Å²) in [6.45, 7) is 5.99. The van der Waals surface area contributed by atoms with Gasteiger partial charge < -0.3 is 14.8 Å². The molecule has 0 aliphatic heterocycles. The normalized spacial score (nSPS) is 11.7. The van der Waals surface area contributed by atoms with Crippen LogP contribution in [0, 0.1) is 19.8 Å². The largest absolute Gasteiger partial charge is 0.493 e. The predicted molar refractivity (Wildman–Crippen MR) is 97.0 cm³/mol. The predicted octanol–water partition coefficient (Wildman–Crippen LogP) is 4.14. The first-order valence-electron chi connectivity index (χ1n) is 8.04. The van der Waals surface area contributed by atoms with Crippen molar-refractivity contribution in [3.8, 4) is 11.5 Å². The summed E-state index contributed by atoms with van der Waals surface area (Å²) in [6.07, 6.45) is 0.636. The van der Waals surface area contributed by atoms with Crippen LogP contribution >= 0.6 is 0 Å². The lowest BCUT2D eigenvalue weighted by molar-refractivity contribution is -0.119. The maximum absolute atomic E-state index is 12.5. The number of hydrogen-bond donors (Lipinski definition) is 1. The van der Waals surface area contributed by atoms with Crippen molar-refractivity contribution in [3.05, 3.63) is 53.1 Å². The fraction of sp³-hybridized carbons (Fsp3) is 0.350. The highest BCUT2D eigenvalue weighted by Gasteiger charge is 2.16. The Morgan fingerprint density at radius 1 is 1.08 bits per heavy atom. The number of ether oxygens (including phenoxy) is 2. The molecule has 4 nitrogen and oxygen atoms in total. The lowest BCUT2D eigenvalue weighted by Crippen LogP contribution is -2.22. The number of carbonyl (C=O) groups is 1. The molecule has 0 aromatic heterocycles. The van der Waals surface area contributed by atoms with Crippen molar-refractivity contribution in [1.29, 1.82) is 0 Å². The molecule has 128 valence electrons. The van der Waals surface area contributed by atoms with Gasteiger partial charge in [-0.3, -0.25) is 4.79 Å². The van der Waals surface area contributed by atoms with Gasteiger partial charge in [0, 0.05) is 11.6 Å². The van der Waals surface area contributed by atoms with E-state index in [2.05, 4.69) is 5.32 Å². The first kappa shape index (κ1) is 17.9. The zero-order valence-corrected chi connectivity index (χ0v) is 15.0. The summed E-state index contributed by atoms with van der Waals surface area (Å²) >= 11 is 0. The van der Waals surface area contributed by atoms with Crippen LogP contribution in [-0.2, 0) is 11.2 Å². The van der Waals surface area contributed by atoms with Crippen molar-refractivity contribution in [1.82, 2.24) is 0 Å². The molecular weight excluding hydrogens is 302 g/mol. The quantitative estimate of drug-likeness (QED) is 0.867. The Morgan fingerprint density at radius 2 is 1.79 bits per heavy atom. The smallest absolute Gasteiger partial charge is 0.227 e. The Morgan fingerprint density at radius 3 is 2.46 bits per heavy atom. The molecule has 0 aliphatic carbocycles. The Bertz CT molecular complexity index is 725. The van der Waals surface area contributed by atoms with Crippen molar-refractivity contribution >= 4 is 11.6 Å². The molecule has 1 atom stereocenters.